The summed E-state index contributed by atoms with van der Waals surface area (Å²) in [7, 11) is 0. The lowest BCUT2D eigenvalue weighted by molar-refractivity contribution is -0.497. The summed E-state index contributed by atoms with van der Waals surface area (Å²) in [5, 5.41) is 7.89. The van der Waals surface area contributed by atoms with Gasteiger partial charge in [0, 0.05) is 0 Å². The zero-order chi connectivity index (χ0) is 20.6. The standard InChI is InChI=1S/C8HF13O4.H3N/c9-1(10)2(11)24-8(20,21)5(13,7(17,18)19)25-4(12,3(22)23)6(14,15)16;/h(H,22,23);1H3. The molecule has 0 spiro atoms. The molecule has 0 aliphatic heterocycles. The van der Waals surface area contributed by atoms with Gasteiger partial charge in [-0.2, -0.15) is 57.1 Å². The van der Waals surface area contributed by atoms with E-state index >= 15 is 0 Å². The van der Waals surface area contributed by atoms with Crippen molar-refractivity contribution < 1.29 is 76.5 Å². The van der Waals surface area contributed by atoms with Gasteiger partial charge in [-0.3, -0.25) is 4.74 Å². The highest BCUT2D eigenvalue weighted by Gasteiger charge is 2.82. The summed E-state index contributed by atoms with van der Waals surface area (Å²) in [4.78, 5) is 10.1. The van der Waals surface area contributed by atoms with Gasteiger partial charge in [-0.1, -0.05) is 0 Å². The molecule has 5 nitrogen and oxygen atoms in total. The van der Waals surface area contributed by atoms with Crippen LogP contribution in [0, 0.1) is 0 Å². The molecule has 0 aromatic carbocycles. The van der Waals surface area contributed by atoms with Crippen molar-refractivity contribution in [2.45, 2.75) is 30.2 Å². The van der Waals surface area contributed by atoms with Crippen molar-refractivity contribution in [2.75, 3.05) is 0 Å². The maximum absolute atomic E-state index is 13.4. The summed E-state index contributed by atoms with van der Waals surface area (Å²) in [5.41, 5.74) is 0. The summed E-state index contributed by atoms with van der Waals surface area (Å²) >= 11 is 0. The van der Waals surface area contributed by atoms with Crippen molar-refractivity contribution >= 4 is 5.97 Å². The molecule has 0 saturated heterocycles. The van der Waals surface area contributed by atoms with Gasteiger partial charge in [-0.05, 0) is 0 Å². The first-order valence-corrected chi connectivity index (χ1v) is 4.95. The van der Waals surface area contributed by atoms with Crippen molar-refractivity contribution in [1.82, 2.24) is 6.15 Å². The van der Waals surface area contributed by atoms with Crippen LogP contribution in [0.1, 0.15) is 0 Å². The number of hydrogen-bond acceptors (Lipinski definition) is 4. The van der Waals surface area contributed by atoms with Crippen LogP contribution in [0.15, 0.2) is 12.1 Å². The molecule has 4 N–H and O–H groups in total. The number of ether oxygens (including phenoxy) is 2. The van der Waals surface area contributed by atoms with Gasteiger partial charge in [0.2, 0.25) is 0 Å². The van der Waals surface area contributed by atoms with Gasteiger partial charge in [-0.25, -0.2) is 4.79 Å². The van der Waals surface area contributed by atoms with Crippen LogP contribution in [0.5, 0.6) is 0 Å². The Morgan fingerprint density at radius 3 is 1.38 bits per heavy atom. The Hall–Kier alpha value is -1.98. The Morgan fingerprint density at radius 2 is 1.15 bits per heavy atom. The fourth-order valence-corrected chi connectivity index (χ4v) is 0.916. The van der Waals surface area contributed by atoms with E-state index in [2.05, 4.69) is 0 Å². The molecule has 0 saturated carbocycles. The monoisotopic (exact) mass is 425 g/mol. The molecule has 0 aliphatic rings. The van der Waals surface area contributed by atoms with Crippen LogP contribution in [-0.2, 0) is 14.3 Å². The quantitative estimate of drug-likeness (QED) is 0.488. The highest BCUT2D eigenvalue weighted by molar-refractivity contribution is 5.76. The molecule has 0 aliphatic carbocycles. The minimum atomic E-state index is -7.43. The zero-order valence-corrected chi connectivity index (χ0v) is 11.3. The zero-order valence-electron chi connectivity index (χ0n) is 11.3. The van der Waals surface area contributed by atoms with Crippen LogP contribution in [0.4, 0.5) is 57.1 Å². The Balaban J connectivity index is 0. The van der Waals surface area contributed by atoms with E-state index in [1.54, 1.807) is 4.74 Å². The van der Waals surface area contributed by atoms with Crippen LogP contribution < -0.4 is 6.15 Å². The molecule has 0 rings (SSSR count). The van der Waals surface area contributed by atoms with Crippen LogP contribution in [0.2, 0.25) is 0 Å². The number of rotatable bonds is 6. The smallest absolute Gasteiger partial charge is 0.471 e. The Bertz CT molecular complexity index is 553. The summed E-state index contributed by atoms with van der Waals surface area (Å²) in [5.74, 6) is -18.2. The molecule has 0 radical (unpaired) electrons. The molecule has 0 aromatic heterocycles. The lowest BCUT2D eigenvalue weighted by atomic mass is 10.2. The molecule has 0 bridgehead atoms. The number of hydrogen-bond donors (Lipinski definition) is 2. The molecular formula is C8H4F13NO4. The van der Waals surface area contributed by atoms with E-state index in [1.807, 2.05) is 4.74 Å². The van der Waals surface area contributed by atoms with E-state index in [0.29, 0.717) is 0 Å². The highest BCUT2D eigenvalue weighted by atomic mass is 19.4. The fourth-order valence-electron chi connectivity index (χ4n) is 0.916. The molecular weight excluding hydrogens is 421 g/mol. The van der Waals surface area contributed by atoms with E-state index in [9.17, 15) is 61.9 Å². The van der Waals surface area contributed by atoms with E-state index < -0.39 is 48.2 Å². The van der Waals surface area contributed by atoms with Gasteiger partial charge in [0.05, 0.1) is 0 Å². The van der Waals surface area contributed by atoms with Crippen LogP contribution in [0.3, 0.4) is 0 Å². The number of carboxylic acid groups (broad SMARTS) is 1. The molecule has 0 aromatic rings. The average Bonchev–Trinajstić information content (AvgIpc) is 2.34. The summed E-state index contributed by atoms with van der Waals surface area (Å²) in [6.45, 7) is 0. The maximum Gasteiger partial charge on any atom is 0.471 e. The third-order valence-electron chi connectivity index (χ3n) is 2.03. The number of halogens is 13. The van der Waals surface area contributed by atoms with Crippen molar-refractivity contribution in [3.05, 3.63) is 12.1 Å². The number of aliphatic carboxylic acids is 1. The van der Waals surface area contributed by atoms with Gasteiger partial charge < -0.3 is 16.0 Å². The van der Waals surface area contributed by atoms with Crippen molar-refractivity contribution in [3.8, 4) is 0 Å². The van der Waals surface area contributed by atoms with E-state index in [-0.39, 0.29) is 6.15 Å². The first-order chi connectivity index (χ1) is 10.7. The van der Waals surface area contributed by atoms with Gasteiger partial charge in [-0.15, -0.1) is 0 Å². The summed E-state index contributed by atoms with van der Waals surface area (Å²) in [6, 6.07) is -3.90. The molecule has 0 heterocycles. The molecule has 2 unspecified atom stereocenters. The Morgan fingerprint density at radius 1 is 0.769 bits per heavy atom. The minimum Gasteiger partial charge on any atom is -0.477 e. The van der Waals surface area contributed by atoms with E-state index in [4.69, 9.17) is 5.11 Å². The second-order valence-corrected chi connectivity index (χ2v) is 3.75. The third kappa shape index (κ3) is 4.59. The maximum atomic E-state index is 13.4. The number of carbonyl (C=O) groups is 1. The SMILES string of the molecule is N.O=C(O)C(F)(OC(F)(C(F)(F)F)C(F)(F)OC(F)=C(F)F)C(F)(F)F. The van der Waals surface area contributed by atoms with Crippen LogP contribution in [-0.4, -0.2) is 41.2 Å². The largest absolute Gasteiger partial charge is 0.477 e. The van der Waals surface area contributed by atoms with Gasteiger partial charge in [0.15, 0.2) is 0 Å². The normalized spacial score (nSPS) is 17.4. The first-order valence-electron chi connectivity index (χ1n) is 4.95. The van der Waals surface area contributed by atoms with E-state index in [0.717, 1.165) is 0 Å². The van der Waals surface area contributed by atoms with Gasteiger partial charge in [0.1, 0.15) is 0 Å². The molecule has 26 heavy (non-hydrogen) atoms. The van der Waals surface area contributed by atoms with Crippen molar-refractivity contribution in [1.29, 1.82) is 0 Å². The van der Waals surface area contributed by atoms with Crippen LogP contribution in [0.25, 0.3) is 0 Å². The molecule has 18 heteroatoms. The second-order valence-electron chi connectivity index (χ2n) is 3.75. The molecule has 2 atom stereocenters. The number of alkyl halides is 10. The molecule has 0 amide bonds. The van der Waals surface area contributed by atoms with Gasteiger partial charge in [0.25, 0.3) is 0 Å². The Kier molecular flexibility index (Phi) is 7.40. The Labute approximate surface area is 132 Å². The lowest BCUT2D eigenvalue weighted by Crippen LogP contribution is -2.65. The summed E-state index contributed by atoms with van der Waals surface area (Å²) in [6.07, 6.45) is -25.5. The average molecular weight is 425 g/mol. The third-order valence-corrected chi connectivity index (χ3v) is 2.03. The second kappa shape index (κ2) is 7.33. The molecule has 0 fully saturated rings. The number of carboxylic acids is 1. The van der Waals surface area contributed by atoms with Gasteiger partial charge >= 0.3 is 48.2 Å². The lowest BCUT2D eigenvalue weighted by Gasteiger charge is -2.36. The fraction of sp³-hybridized carbons (Fsp3) is 0.625. The van der Waals surface area contributed by atoms with Crippen LogP contribution >= 0.6 is 0 Å². The predicted octanol–water partition coefficient (Wildman–Crippen LogP) is 4.35. The van der Waals surface area contributed by atoms with Crippen molar-refractivity contribution in [3.63, 3.8) is 0 Å². The van der Waals surface area contributed by atoms with Crippen molar-refractivity contribution in [2.24, 2.45) is 0 Å². The topological polar surface area (TPSA) is 90.8 Å². The predicted molar refractivity (Wildman–Crippen MR) is 49.9 cm³/mol. The minimum absolute atomic E-state index is 0. The van der Waals surface area contributed by atoms with E-state index in [1.165, 1.54) is 0 Å². The summed E-state index contributed by atoms with van der Waals surface area (Å²) < 4.78 is 165. The molecule has 156 valence electrons. The first kappa shape index (κ1) is 26.3. The highest BCUT2D eigenvalue weighted by Crippen LogP contribution is 2.52.